The third kappa shape index (κ3) is 5.71. The normalized spacial score (nSPS) is 29.3. The number of benzene rings is 2. The lowest BCUT2D eigenvalue weighted by Gasteiger charge is -2.56. The van der Waals surface area contributed by atoms with E-state index < -0.39 is 6.10 Å². The fourth-order valence-corrected chi connectivity index (χ4v) is 6.73. The lowest BCUT2D eigenvalue weighted by molar-refractivity contribution is -0.142. The Balaban J connectivity index is 1.40. The Labute approximate surface area is 225 Å². The van der Waals surface area contributed by atoms with Crippen LogP contribution in [0.25, 0.3) is 0 Å². The van der Waals surface area contributed by atoms with E-state index in [1.807, 2.05) is 31.2 Å². The standard InChI is InChI=1S/C31H39N3O4/c1-19(29(36)33-18-22-7-11-24(38-4)12-8-22)25-13-15-31(3)16-14-26(20(2)27(31)28(25)35)34-30(37)23-9-5-21(17-32)6-10-23/h5-12,19-20,25-28,35H,13-16,18H2,1-4H3,(H,33,36)(H,34,37)/t19-,20+,25+,26-,27+,28-,31-/m0/s1. The molecule has 7 atom stereocenters. The summed E-state index contributed by atoms with van der Waals surface area (Å²) in [6.07, 6.45) is 2.91. The Morgan fingerprint density at radius 3 is 2.42 bits per heavy atom. The smallest absolute Gasteiger partial charge is 0.251 e. The summed E-state index contributed by atoms with van der Waals surface area (Å²) in [7, 11) is 1.62. The average molecular weight is 518 g/mol. The van der Waals surface area contributed by atoms with Gasteiger partial charge in [0.1, 0.15) is 5.75 Å². The minimum atomic E-state index is -0.625. The number of hydrogen-bond acceptors (Lipinski definition) is 5. The van der Waals surface area contributed by atoms with Gasteiger partial charge in [-0.2, -0.15) is 5.26 Å². The van der Waals surface area contributed by atoms with Crippen LogP contribution in [0.5, 0.6) is 5.75 Å². The third-order valence-electron chi connectivity index (χ3n) is 9.16. The first-order valence-electron chi connectivity index (χ1n) is 13.6. The molecule has 0 heterocycles. The first kappa shape index (κ1) is 27.7. The summed E-state index contributed by atoms with van der Waals surface area (Å²) in [6, 6.07) is 16.2. The van der Waals surface area contributed by atoms with Crippen LogP contribution < -0.4 is 15.4 Å². The Kier molecular flexibility index (Phi) is 8.42. The molecule has 4 rings (SSSR count). The second kappa shape index (κ2) is 11.6. The molecule has 3 N–H and O–H groups in total. The number of fused-ring (bicyclic) bond motifs is 1. The van der Waals surface area contributed by atoms with Crippen molar-refractivity contribution in [2.45, 2.75) is 65.1 Å². The molecule has 2 amide bonds. The highest BCUT2D eigenvalue weighted by atomic mass is 16.5. The maximum atomic E-state index is 13.1. The molecule has 0 radical (unpaired) electrons. The number of nitriles is 1. The summed E-state index contributed by atoms with van der Waals surface area (Å²) in [6.45, 7) is 6.71. The van der Waals surface area contributed by atoms with E-state index >= 15 is 0 Å². The average Bonchev–Trinajstić information content (AvgIpc) is 2.93. The molecule has 2 aliphatic rings. The molecule has 7 heteroatoms. The van der Waals surface area contributed by atoms with Gasteiger partial charge in [-0.25, -0.2) is 0 Å². The number of hydrogen-bond donors (Lipinski definition) is 3. The van der Waals surface area contributed by atoms with Gasteiger partial charge >= 0.3 is 0 Å². The minimum Gasteiger partial charge on any atom is -0.497 e. The molecule has 38 heavy (non-hydrogen) atoms. The zero-order valence-corrected chi connectivity index (χ0v) is 22.7. The Bertz CT molecular complexity index is 1170. The maximum absolute atomic E-state index is 13.1. The quantitative estimate of drug-likeness (QED) is 0.503. The van der Waals surface area contributed by atoms with Gasteiger partial charge < -0.3 is 20.5 Å². The molecule has 0 saturated heterocycles. The molecule has 7 nitrogen and oxygen atoms in total. The molecule has 2 aliphatic carbocycles. The Hall–Kier alpha value is -3.37. The van der Waals surface area contributed by atoms with Gasteiger partial charge in [0.2, 0.25) is 5.91 Å². The number of nitrogens with one attached hydrogen (secondary N) is 2. The van der Waals surface area contributed by atoms with E-state index in [1.165, 1.54) is 0 Å². The van der Waals surface area contributed by atoms with E-state index in [0.717, 1.165) is 37.0 Å². The van der Waals surface area contributed by atoms with Crippen LogP contribution in [0.15, 0.2) is 48.5 Å². The number of ether oxygens (including phenoxy) is 1. The zero-order valence-electron chi connectivity index (χ0n) is 22.7. The van der Waals surface area contributed by atoms with E-state index in [0.29, 0.717) is 17.7 Å². The van der Waals surface area contributed by atoms with Gasteiger partial charge in [0, 0.05) is 24.1 Å². The molecule has 0 bridgehead atoms. The minimum absolute atomic E-state index is 0.0156. The predicted molar refractivity (Wildman–Crippen MR) is 145 cm³/mol. The van der Waals surface area contributed by atoms with Crippen LogP contribution in [-0.4, -0.2) is 36.2 Å². The van der Waals surface area contributed by atoms with Crippen LogP contribution >= 0.6 is 0 Å². The van der Waals surface area contributed by atoms with E-state index in [-0.39, 0.29) is 46.9 Å². The lowest BCUT2D eigenvalue weighted by Crippen LogP contribution is -2.58. The Morgan fingerprint density at radius 1 is 1.13 bits per heavy atom. The van der Waals surface area contributed by atoms with Crippen molar-refractivity contribution in [1.29, 1.82) is 5.26 Å². The van der Waals surface area contributed by atoms with E-state index in [2.05, 4.69) is 30.6 Å². The number of nitrogens with zero attached hydrogens (tertiary/aromatic N) is 1. The zero-order chi connectivity index (χ0) is 27.4. The van der Waals surface area contributed by atoms with Gasteiger partial charge in [-0.05, 0) is 90.8 Å². The maximum Gasteiger partial charge on any atom is 0.251 e. The van der Waals surface area contributed by atoms with Crippen molar-refractivity contribution in [1.82, 2.24) is 10.6 Å². The van der Waals surface area contributed by atoms with Gasteiger partial charge in [-0.1, -0.05) is 32.9 Å². The SMILES string of the molecule is COc1ccc(CNC(=O)[C@@H](C)[C@H]2CC[C@@]3(C)CC[C@H](NC(=O)c4ccc(C#N)cc4)[C@@H](C)[C@@H]3[C@H]2O)cc1. The number of aliphatic hydroxyl groups is 1. The van der Waals surface area contributed by atoms with Crippen LogP contribution in [-0.2, 0) is 11.3 Å². The van der Waals surface area contributed by atoms with Crippen LogP contribution in [0.2, 0.25) is 0 Å². The third-order valence-corrected chi connectivity index (χ3v) is 9.16. The van der Waals surface area contributed by atoms with Crippen molar-refractivity contribution in [3.63, 3.8) is 0 Å². The summed E-state index contributed by atoms with van der Waals surface area (Å²) in [5.74, 6) is 0.134. The molecule has 2 aromatic carbocycles. The first-order chi connectivity index (χ1) is 18.2. The molecule has 2 saturated carbocycles. The topological polar surface area (TPSA) is 111 Å². The van der Waals surface area contributed by atoms with Crippen molar-refractivity contribution in [2.24, 2.45) is 29.1 Å². The second-order valence-electron chi connectivity index (χ2n) is 11.4. The molecule has 0 aliphatic heterocycles. The largest absolute Gasteiger partial charge is 0.497 e. The fraction of sp³-hybridized carbons (Fsp3) is 0.516. The number of aliphatic hydroxyl groups excluding tert-OH is 1. The lowest BCUT2D eigenvalue weighted by atomic mass is 9.51. The summed E-state index contributed by atoms with van der Waals surface area (Å²) >= 11 is 0. The van der Waals surface area contributed by atoms with Gasteiger partial charge in [-0.15, -0.1) is 0 Å². The van der Waals surface area contributed by atoms with Gasteiger partial charge in [0.05, 0.1) is 24.8 Å². The van der Waals surface area contributed by atoms with Crippen molar-refractivity contribution in [3.8, 4) is 11.8 Å². The highest BCUT2D eigenvalue weighted by molar-refractivity contribution is 5.94. The van der Waals surface area contributed by atoms with Crippen LogP contribution in [0.4, 0.5) is 0 Å². The van der Waals surface area contributed by atoms with Crippen molar-refractivity contribution in [3.05, 3.63) is 65.2 Å². The molecule has 202 valence electrons. The van der Waals surface area contributed by atoms with Crippen molar-refractivity contribution < 1.29 is 19.4 Å². The number of carbonyl (C=O) groups excluding carboxylic acids is 2. The molecular formula is C31H39N3O4. The highest BCUT2D eigenvalue weighted by Crippen LogP contribution is 2.55. The molecule has 0 spiro atoms. The van der Waals surface area contributed by atoms with E-state index in [1.54, 1.807) is 31.4 Å². The fourth-order valence-electron chi connectivity index (χ4n) is 6.73. The monoisotopic (exact) mass is 517 g/mol. The number of amides is 2. The number of methoxy groups -OCH3 is 1. The Morgan fingerprint density at radius 2 is 1.79 bits per heavy atom. The van der Waals surface area contributed by atoms with E-state index in [4.69, 9.17) is 10.00 Å². The number of rotatable bonds is 7. The summed E-state index contributed by atoms with van der Waals surface area (Å²) in [4.78, 5) is 26.0. The van der Waals surface area contributed by atoms with E-state index in [9.17, 15) is 14.7 Å². The first-order valence-corrected chi connectivity index (χ1v) is 13.6. The van der Waals surface area contributed by atoms with Gasteiger partial charge in [0.15, 0.2) is 0 Å². The second-order valence-corrected chi connectivity index (χ2v) is 11.4. The van der Waals surface area contributed by atoms with Gasteiger partial charge in [0.25, 0.3) is 5.91 Å². The predicted octanol–water partition coefficient (Wildman–Crippen LogP) is 4.44. The van der Waals surface area contributed by atoms with Crippen molar-refractivity contribution >= 4 is 11.8 Å². The van der Waals surface area contributed by atoms with Crippen molar-refractivity contribution in [2.75, 3.05) is 7.11 Å². The highest BCUT2D eigenvalue weighted by Gasteiger charge is 2.53. The van der Waals surface area contributed by atoms with Crippen LogP contribution in [0, 0.1) is 40.4 Å². The summed E-state index contributed by atoms with van der Waals surface area (Å²) in [5, 5.41) is 26.9. The van der Waals surface area contributed by atoms with Gasteiger partial charge in [-0.3, -0.25) is 9.59 Å². The summed E-state index contributed by atoms with van der Waals surface area (Å²) < 4.78 is 5.20. The molecular weight excluding hydrogens is 478 g/mol. The van der Waals surface area contributed by atoms with Crippen LogP contribution in [0.1, 0.15) is 67.9 Å². The molecule has 0 unspecified atom stereocenters. The summed E-state index contributed by atoms with van der Waals surface area (Å²) in [5.41, 5.74) is 2.00. The number of carbonyl (C=O) groups is 2. The molecule has 2 aromatic rings. The molecule has 0 aromatic heterocycles. The molecule has 2 fully saturated rings. The van der Waals surface area contributed by atoms with Crippen LogP contribution in [0.3, 0.4) is 0 Å².